The fraction of sp³-hybridized carbons (Fsp3) is 0.174. The number of amides is 1. The Morgan fingerprint density at radius 3 is 2.60 bits per heavy atom. The van der Waals surface area contributed by atoms with Crippen molar-refractivity contribution in [2.75, 3.05) is 16.8 Å². The van der Waals surface area contributed by atoms with Crippen LogP contribution in [-0.4, -0.2) is 27.2 Å². The average molecular weight is 478 g/mol. The number of anilines is 3. The molecule has 0 radical (unpaired) electrons. The van der Waals surface area contributed by atoms with E-state index < -0.39 is 23.7 Å². The summed E-state index contributed by atoms with van der Waals surface area (Å²) in [6, 6.07) is 12.3. The average Bonchev–Trinajstić information content (AvgIpc) is 3.25. The zero-order valence-corrected chi connectivity index (χ0v) is 18.2. The highest BCUT2D eigenvalue weighted by Gasteiger charge is 2.37. The summed E-state index contributed by atoms with van der Waals surface area (Å²) in [5, 5.41) is 15.9. The number of halogens is 3. The van der Waals surface area contributed by atoms with Crippen LogP contribution in [-0.2, 0) is 11.0 Å². The van der Waals surface area contributed by atoms with E-state index in [9.17, 15) is 18.0 Å². The summed E-state index contributed by atoms with van der Waals surface area (Å²) in [5.41, 5.74) is 6.14. The third-order valence-corrected chi connectivity index (χ3v) is 5.37. The molecule has 0 saturated carbocycles. The standard InChI is InChI=1S/C23H17F3N8O/c1-13-19(29-2)20(15-8-6-14(11-27)7-9-15)34-22(31-21(32-34)30-18(35)12-28)33(13)17-5-3-4-16(10-17)23(24,25)26/h3-10,20H,12,28H2,1H3,(H,30,32,35)/t20-/m1/s1. The highest BCUT2D eigenvalue weighted by atomic mass is 19.4. The minimum Gasteiger partial charge on any atom is -0.322 e. The zero-order chi connectivity index (χ0) is 25.3. The Bertz CT molecular complexity index is 1410. The molecule has 2 aromatic carbocycles. The van der Waals surface area contributed by atoms with E-state index in [1.165, 1.54) is 21.7 Å². The summed E-state index contributed by atoms with van der Waals surface area (Å²) in [6.45, 7) is 9.10. The van der Waals surface area contributed by atoms with E-state index in [1.54, 1.807) is 31.2 Å². The van der Waals surface area contributed by atoms with Crippen LogP contribution in [0.4, 0.5) is 30.8 Å². The van der Waals surface area contributed by atoms with Gasteiger partial charge < -0.3 is 5.73 Å². The number of allylic oxidation sites excluding steroid dienone is 2. The Balaban J connectivity index is 1.94. The Kier molecular flexibility index (Phi) is 5.99. The first kappa shape index (κ1) is 23.5. The van der Waals surface area contributed by atoms with Gasteiger partial charge in [-0.25, -0.2) is 9.53 Å². The number of nitriles is 1. The van der Waals surface area contributed by atoms with E-state index in [2.05, 4.69) is 20.2 Å². The van der Waals surface area contributed by atoms with Crippen LogP contribution in [0.25, 0.3) is 4.85 Å². The zero-order valence-electron chi connectivity index (χ0n) is 18.2. The number of aromatic nitrogens is 3. The summed E-state index contributed by atoms with van der Waals surface area (Å²) in [5.74, 6) is -0.593. The highest BCUT2D eigenvalue weighted by Crippen LogP contribution is 2.44. The van der Waals surface area contributed by atoms with E-state index in [0.29, 0.717) is 16.8 Å². The van der Waals surface area contributed by atoms with Gasteiger partial charge in [0.1, 0.15) is 6.04 Å². The maximum absolute atomic E-state index is 13.4. The lowest BCUT2D eigenvalue weighted by molar-refractivity contribution is -0.137. The molecule has 3 N–H and O–H groups in total. The monoisotopic (exact) mass is 478 g/mol. The lowest BCUT2D eigenvalue weighted by Crippen LogP contribution is -2.30. The van der Waals surface area contributed by atoms with Gasteiger partial charge in [0.05, 0.1) is 30.3 Å². The van der Waals surface area contributed by atoms with Crippen LogP contribution in [0, 0.1) is 17.9 Å². The molecule has 4 rings (SSSR count). The quantitative estimate of drug-likeness (QED) is 0.549. The van der Waals surface area contributed by atoms with E-state index in [4.69, 9.17) is 17.6 Å². The summed E-state index contributed by atoms with van der Waals surface area (Å²) in [4.78, 5) is 21.2. The Morgan fingerprint density at radius 2 is 2.00 bits per heavy atom. The van der Waals surface area contributed by atoms with E-state index in [1.807, 2.05) is 6.07 Å². The molecule has 1 aromatic heterocycles. The van der Waals surface area contributed by atoms with Crippen molar-refractivity contribution in [2.24, 2.45) is 5.73 Å². The van der Waals surface area contributed by atoms with Crippen LogP contribution < -0.4 is 16.0 Å². The second-order valence-electron chi connectivity index (χ2n) is 7.53. The second kappa shape index (κ2) is 8.93. The fourth-order valence-corrected chi connectivity index (χ4v) is 3.76. The largest absolute Gasteiger partial charge is 0.416 e. The van der Waals surface area contributed by atoms with Crippen molar-refractivity contribution in [3.05, 3.63) is 88.0 Å². The minimum atomic E-state index is -4.58. The number of benzene rings is 2. The van der Waals surface area contributed by atoms with Gasteiger partial charge in [0, 0.05) is 11.4 Å². The second-order valence-corrected chi connectivity index (χ2v) is 7.53. The molecule has 1 amide bonds. The summed E-state index contributed by atoms with van der Waals surface area (Å²) in [7, 11) is 0. The lowest BCUT2D eigenvalue weighted by atomic mass is 9.99. The molecule has 9 nitrogen and oxygen atoms in total. The van der Waals surface area contributed by atoms with E-state index >= 15 is 0 Å². The molecule has 12 heteroatoms. The van der Waals surface area contributed by atoms with Gasteiger partial charge >= 0.3 is 6.18 Å². The lowest BCUT2D eigenvalue weighted by Gasteiger charge is -2.34. The predicted molar refractivity (Wildman–Crippen MR) is 120 cm³/mol. The van der Waals surface area contributed by atoms with E-state index in [-0.39, 0.29) is 29.8 Å². The van der Waals surface area contributed by atoms with Crippen molar-refractivity contribution in [2.45, 2.75) is 19.1 Å². The summed E-state index contributed by atoms with van der Waals surface area (Å²) >= 11 is 0. The first-order valence-corrected chi connectivity index (χ1v) is 10.2. The van der Waals surface area contributed by atoms with Crippen LogP contribution in [0.15, 0.2) is 59.9 Å². The van der Waals surface area contributed by atoms with Crippen LogP contribution in [0.2, 0.25) is 0 Å². The SMILES string of the molecule is [C-]#[N+]C1=C(C)N(c2cccc(C(F)(F)F)c2)c2nc(NC(=O)CN)nn2[C@@H]1c1ccc(C#N)cc1. The molecule has 1 atom stereocenters. The molecule has 0 bridgehead atoms. The number of alkyl halides is 3. The summed E-state index contributed by atoms with van der Waals surface area (Å²) in [6.07, 6.45) is -4.58. The molecule has 1 aliphatic rings. The number of rotatable bonds is 4. The van der Waals surface area contributed by atoms with Crippen LogP contribution in [0.5, 0.6) is 0 Å². The van der Waals surface area contributed by atoms with Gasteiger partial charge in [0.2, 0.25) is 17.6 Å². The Labute approximate surface area is 197 Å². The first-order chi connectivity index (χ1) is 16.7. The van der Waals surface area contributed by atoms with Gasteiger partial charge in [-0.3, -0.25) is 15.0 Å². The molecule has 0 aliphatic carbocycles. The molecule has 0 saturated heterocycles. The molecule has 3 aromatic rings. The van der Waals surface area contributed by atoms with Crippen LogP contribution in [0.3, 0.4) is 0 Å². The maximum atomic E-state index is 13.4. The Hall–Kier alpha value is -4.68. The number of nitrogens with two attached hydrogens (primary N) is 1. The van der Waals surface area contributed by atoms with Crippen molar-refractivity contribution in [1.82, 2.24) is 14.8 Å². The van der Waals surface area contributed by atoms with Crippen molar-refractivity contribution < 1.29 is 18.0 Å². The fourth-order valence-electron chi connectivity index (χ4n) is 3.76. The van der Waals surface area contributed by atoms with Crippen LogP contribution in [0.1, 0.15) is 29.7 Å². The minimum absolute atomic E-state index is 0.0934. The molecule has 0 spiro atoms. The molecule has 2 heterocycles. The van der Waals surface area contributed by atoms with Gasteiger partial charge in [-0.2, -0.15) is 23.4 Å². The molecule has 0 unspecified atom stereocenters. The Morgan fingerprint density at radius 1 is 1.29 bits per heavy atom. The maximum Gasteiger partial charge on any atom is 0.416 e. The van der Waals surface area contributed by atoms with Crippen LogP contribution >= 0.6 is 0 Å². The van der Waals surface area contributed by atoms with Gasteiger partial charge in [0.15, 0.2) is 0 Å². The molecule has 176 valence electrons. The van der Waals surface area contributed by atoms with Crippen molar-refractivity contribution in [3.8, 4) is 6.07 Å². The van der Waals surface area contributed by atoms with Crippen molar-refractivity contribution in [3.63, 3.8) is 0 Å². The smallest absolute Gasteiger partial charge is 0.322 e. The van der Waals surface area contributed by atoms with Gasteiger partial charge in [-0.1, -0.05) is 18.2 Å². The number of carbonyl (C=O) groups is 1. The third kappa shape index (κ3) is 4.30. The molecule has 1 aliphatic heterocycles. The summed E-state index contributed by atoms with van der Waals surface area (Å²) < 4.78 is 41.6. The molecular formula is C23H17F3N8O. The normalized spacial score (nSPS) is 15.3. The number of nitrogens with one attached hydrogen (secondary N) is 1. The number of carbonyl (C=O) groups excluding carboxylic acids is 1. The number of fused-ring (bicyclic) bond motifs is 1. The predicted octanol–water partition coefficient (Wildman–Crippen LogP) is 3.96. The van der Waals surface area contributed by atoms with Gasteiger partial charge in [-0.15, -0.1) is 5.10 Å². The van der Waals surface area contributed by atoms with Crippen molar-refractivity contribution in [1.29, 1.82) is 5.26 Å². The van der Waals surface area contributed by atoms with Gasteiger partial charge in [-0.05, 0) is 42.8 Å². The van der Waals surface area contributed by atoms with Gasteiger partial charge in [0.25, 0.3) is 5.95 Å². The first-order valence-electron chi connectivity index (χ1n) is 10.2. The number of nitrogens with zero attached hydrogens (tertiary/aromatic N) is 6. The molecule has 35 heavy (non-hydrogen) atoms. The molecule has 0 fully saturated rings. The third-order valence-electron chi connectivity index (χ3n) is 5.37. The van der Waals surface area contributed by atoms with Crippen molar-refractivity contribution >= 4 is 23.5 Å². The van der Waals surface area contributed by atoms with E-state index in [0.717, 1.165) is 12.1 Å². The highest BCUT2D eigenvalue weighted by molar-refractivity contribution is 5.90. The number of hydrogen-bond acceptors (Lipinski definition) is 6. The topological polar surface area (TPSA) is 117 Å². The number of hydrogen-bond donors (Lipinski definition) is 2. The molecular weight excluding hydrogens is 461 g/mol.